The summed E-state index contributed by atoms with van der Waals surface area (Å²) < 4.78 is 5.19. The van der Waals surface area contributed by atoms with Crippen molar-refractivity contribution in [1.82, 2.24) is 4.98 Å². The highest BCUT2D eigenvalue weighted by Crippen LogP contribution is 2.30. The summed E-state index contributed by atoms with van der Waals surface area (Å²) in [6, 6.07) is 4.15. The number of ether oxygens (including phenoxy) is 1. The van der Waals surface area contributed by atoms with Gasteiger partial charge in [-0.25, -0.2) is 9.78 Å². The molecule has 0 bridgehead atoms. The number of hydrogen-bond acceptors (Lipinski definition) is 6. The number of pyridine rings is 1. The van der Waals surface area contributed by atoms with Crippen LogP contribution in [-0.4, -0.2) is 21.5 Å². The van der Waals surface area contributed by atoms with Gasteiger partial charge in [0.1, 0.15) is 5.60 Å². The van der Waals surface area contributed by atoms with Gasteiger partial charge in [-0.3, -0.25) is 10.1 Å². The lowest BCUT2D eigenvalue weighted by atomic mass is 9.88. The summed E-state index contributed by atoms with van der Waals surface area (Å²) in [5.74, 6) is -0.796. The number of halogens is 1. The average Bonchev–Trinajstić information content (AvgIpc) is 2.35. The predicted octanol–water partition coefficient (Wildman–Crippen LogP) is 2.77. The molecule has 1 aromatic heterocycles. The van der Waals surface area contributed by atoms with E-state index in [9.17, 15) is 20.2 Å². The predicted molar refractivity (Wildman–Crippen MR) is 74.7 cm³/mol. The minimum atomic E-state index is -1.70. The Hall–Kier alpha value is -2.20. The fraction of sp³-hybridized carbons (Fsp3) is 0.462. The van der Waals surface area contributed by atoms with E-state index >= 15 is 0 Å². The minimum absolute atomic E-state index is 0.00477. The van der Waals surface area contributed by atoms with Gasteiger partial charge >= 0.3 is 11.7 Å². The number of aromatic nitrogens is 1. The zero-order chi connectivity index (χ0) is 16.4. The molecule has 0 aromatic carbocycles. The van der Waals surface area contributed by atoms with Crippen LogP contribution in [0.4, 0.5) is 5.69 Å². The third-order valence-electron chi connectivity index (χ3n) is 2.57. The van der Waals surface area contributed by atoms with Crippen LogP contribution in [0.25, 0.3) is 0 Å². The van der Waals surface area contributed by atoms with Crippen LogP contribution in [0.5, 0.6) is 0 Å². The third-order valence-corrected chi connectivity index (χ3v) is 2.85. The molecule has 0 saturated carbocycles. The van der Waals surface area contributed by atoms with Crippen molar-refractivity contribution < 1.29 is 14.5 Å². The lowest BCUT2D eigenvalue weighted by molar-refractivity contribution is -0.385. The summed E-state index contributed by atoms with van der Waals surface area (Å²) >= 11 is 5.71. The van der Waals surface area contributed by atoms with Gasteiger partial charge < -0.3 is 4.74 Å². The van der Waals surface area contributed by atoms with Crippen LogP contribution >= 0.6 is 11.6 Å². The quantitative estimate of drug-likeness (QED) is 0.368. The molecule has 1 atom stereocenters. The molecule has 1 unspecified atom stereocenters. The monoisotopic (exact) mass is 311 g/mol. The SMILES string of the molecule is CC(C)(C)OC(=O)C(C)(C#N)c1ccc([N+](=O)[O-])c(Cl)n1. The summed E-state index contributed by atoms with van der Waals surface area (Å²) in [5.41, 5.74) is -2.88. The summed E-state index contributed by atoms with van der Waals surface area (Å²) in [7, 11) is 0. The maximum Gasteiger partial charge on any atom is 0.332 e. The van der Waals surface area contributed by atoms with E-state index in [1.54, 1.807) is 20.8 Å². The molecule has 112 valence electrons. The zero-order valence-electron chi connectivity index (χ0n) is 12.0. The van der Waals surface area contributed by atoms with E-state index in [-0.39, 0.29) is 10.8 Å². The van der Waals surface area contributed by atoms with Crippen LogP contribution in [0, 0.1) is 21.4 Å². The molecule has 0 amide bonds. The summed E-state index contributed by atoms with van der Waals surface area (Å²) in [5, 5.41) is 19.6. The van der Waals surface area contributed by atoms with Crippen molar-refractivity contribution in [2.45, 2.75) is 38.7 Å². The first kappa shape index (κ1) is 16.9. The highest BCUT2D eigenvalue weighted by Gasteiger charge is 2.41. The molecule has 0 radical (unpaired) electrons. The van der Waals surface area contributed by atoms with Gasteiger partial charge in [0.25, 0.3) is 0 Å². The fourth-order valence-corrected chi connectivity index (χ4v) is 1.65. The lowest BCUT2D eigenvalue weighted by Gasteiger charge is -2.26. The molecular formula is C13H14ClN3O4. The second-order valence-electron chi connectivity index (χ2n) is 5.50. The second-order valence-corrected chi connectivity index (χ2v) is 5.86. The molecule has 7 nitrogen and oxygen atoms in total. The highest BCUT2D eigenvalue weighted by atomic mass is 35.5. The largest absolute Gasteiger partial charge is 0.458 e. The van der Waals surface area contributed by atoms with Crippen LogP contribution < -0.4 is 0 Å². The number of rotatable bonds is 3. The molecule has 8 heteroatoms. The van der Waals surface area contributed by atoms with Gasteiger partial charge in [-0.15, -0.1) is 0 Å². The number of hydrogen-bond donors (Lipinski definition) is 0. The van der Waals surface area contributed by atoms with Crippen LogP contribution in [0.1, 0.15) is 33.4 Å². The van der Waals surface area contributed by atoms with Crippen molar-refractivity contribution in [3.8, 4) is 6.07 Å². The van der Waals surface area contributed by atoms with Gasteiger partial charge in [0.15, 0.2) is 5.41 Å². The fourth-order valence-electron chi connectivity index (χ4n) is 1.43. The Bertz CT molecular complexity index is 633. The number of esters is 1. The van der Waals surface area contributed by atoms with E-state index < -0.39 is 27.6 Å². The first-order valence-electron chi connectivity index (χ1n) is 5.97. The Morgan fingerprint density at radius 3 is 2.38 bits per heavy atom. The lowest BCUT2D eigenvalue weighted by Crippen LogP contribution is -2.38. The second kappa shape index (κ2) is 5.66. The first-order valence-corrected chi connectivity index (χ1v) is 6.35. The maximum absolute atomic E-state index is 12.2. The molecule has 1 rings (SSSR count). The molecule has 21 heavy (non-hydrogen) atoms. The van der Waals surface area contributed by atoms with E-state index in [1.165, 1.54) is 13.0 Å². The summed E-state index contributed by atoms with van der Waals surface area (Å²) in [6.07, 6.45) is 0. The standard InChI is InChI=1S/C13H14ClN3O4/c1-12(2,3)21-11(18)13(4,7-15)9-6-5-8(17(19)20)10(14)16-9/h5-6H,1-4H3. The normalized spacial score (nSPS) is 13.9. The Balaban J connectivity index is 3.27. The molecular weight excluding hydrogens is 298 g/mol. The number of carbonyl (C=O) groups excluding carboxylic acids is 1. The van der Waals surface area contributed by atoms with E-state index in [1.807, 2.05) is 6.07 Å². The third kappa shape index (κ3) is 3.67. The molecule has 0 fully saturated rings. The van der Waals surface area contributed by atoms with Gasteiger partial charge in [0, 0.05) is 6.07 Å². The molecule has 0 saturated heterocycles. The topological polar surface area (TPSA) is 106 Å². The Morgan fingerprint density at radius 2 is 2.00 bits per heavy atom. The van der Waals surface area contributed by atoms with Crippen LogP contribution in [0.2, 0.25) is 5.15 Å². The van der Waals surface area contributed by atoms with Crippen molar-refractivity contribution in [1.29, 1.82) is 5.26 Å². The molecule has 0 aliphatic rings. The van der Waals surface area contributed by atoms with Crippen LogP contribution in [0.15, 0.2) is 12.1 Å². The highest BCUT2D eigenvalue weighted by molar-refractivity contribution is 6.31. The van der Waals surface area contributed by atoms with Gasteiger partial charge in [0.05, 0.1) is 16.7 Å². The van der Waals surface area contributed by atoms with E-state index in [4.69, 9.17) is 16.3 Å². The number of nitro groups is 1. The van der Waals surface area contributed by atoms with Crippen molar-refractivity contribution in [2.24, 2.45) is 0 Å². The maximum atomic E-state index is 12.2. The first-order chi connectivity index (χ1) is 9.51. The zero-order valence-corrected chi connectivity index (χ0v) is 12.8. The molecule has 0 aliphatic heterocycles. The molecule has 1 aromatic rings. The summed E-state index contributed by atoms with van der Waals surface area (Å²) in [6.45, 7) is 6.32. The molecule has 0 N–H and O–H groups in total. The van der Waals surface area contributed by atoms with Crippen molar-refractivity contribution in [3.63, 3.8) is 0 Å². The van der Waals surface area contributed by atoms with Gasteiger partial charge in [0.2, 0.25) is 5.15 Å². The van der Waals surface area contributed by atoms with Crippen LogP contribution in [-0.2, 0) is 14.9 Å². The van der Waals surface area contributed by atoms with Crippen molar-refractivity contribution >= 4 is 23.3 Å². The summed E-state index contributed by atoms with van der Waals surface area (Å²) in [4.78, 5) is 26.0. The number of nitriles is 1. The van der Waals surface area contributed by atoms with Crippen molar-refractivity contribution in [2.75, 3.05) is 0 Å². The van der Waals surface area contributed by atoms with E-state index in [0.29, 0.717) is 0 Å². The molecule has 0 aliphatic carbocycles. The van der Waals surface area contributed by atoms with Gasteiger partial charge in [-0.1, -0.05) is 11.6 Å². The minimum Gasteiger partial charge on any atom is -0.458 e. The Labute approximate surface area is 126 Å². The Morgan fingerprint density at radius 1 is 1.43 bits per heavy atom. The van der Waals surface area contributed by atoms with Crippen molar-refractivity contribution in [3.05, 3.63) is 33.1 Å². The van der Waals surface area contributed by atoms with Gasteiger partial charge in [-0.2, -0.15) is 5.26 Å². The molecule has 0 spiro atoms. The van der Waals surface area contributed by atoms with E-state index in [2.05, 4.69) is 4.98 Å². The average molecular weight is 312 g/mol. The van der Waals surface area contributed by atoms with E-state index in [0.717, 1.165) is 6.07 Å². The molecule has 1 heterocycles. The number of carbonyl (C=O) groups is 1. The van der Waals surface area contributed by atoms with Gasteiger partial charge in [-0.05, 0) is 33.8 Å². The number of nitrogens with zero attached hydrogens (tertiary/aromatic N) is 3. The smallest absolute Gasteiger partial charge is 0.332 e. The Kier molecular flexibility index (Phi) is 4.54. The van der Waals surface area contributed by atoms with Crippen LogP contribution in [0.3, 0.4) is 0 Å².